The summed E-state index contributed by atoms with van der Waals surface area (Å²) >= 11 is 0. The summed E-state index contributed by atoms with van der Waals surface area (Å²) in [5, 5.41) is 0. The zero-order valence-corrected chi connectivity index (χ0v) is 18.7. The van der Waals surface area contributed by atoms with Gasteiger partial charge in [0, 0.05) is 50.9 Å². The van der Waals surface area contributed by atoms with Crippen LogP contribution in [0, 0.1) is 0 Å². The minimum atomic E-state index is -3.75. The summed E-state index contributed by atoms with van der Waals surface area (Å²) in [7, 11) is -2.34. The van der Waals surface area contributed by atoms with Crippen molar-refractivity contribution in [3.63, 3.8) is 0 Å². The Bertz CT molecular complexity index is 933. The van der Waals surface area contributed by atoms with Gasteiger partial charge in [-0.25, -0.2) is 13.1 Å². The van der Waals surface area contributed by atoms with E-state index in [1.165, 1.54) is 19.2 Å². The van der Waals surface area contributed by atoms with Gasteiger partial charge in [0.25, 0.3) is 5.91 Å². The molecule has 1 N–H and O–H groups in total. The number of ether oxygens (including phenoxy) is 1. The maximum absolute atomic E-state index is 13.0. The van der Waals surface area contributed by atoms with Gasteiger partial charge in [0.1, 0.15) is 10.6 Å². The summed E-state index contributed by atoms with van der Waals surface area (Å²) in [5.74, 6) is 0.163. The molecule has 1 saturated carbocycles. The molecular weight excluding hydrogens is 420 g/mol. The second-order valence-corrected chi connectivity index (χ2v) is 10.1. The molecule has 2 saturated heterocycles. The molecule has 3 aliphatic rings. The van der Waals surface area contributed by atoms with Crippen molar-refractivity contribution < 1.29 is 22.7 Å². The van der Waals surface area contributed by atoms with Crippen LogP contribution in [0.4, 0.5) is 0 Å². The molecule has 0 spiro atoms. The summed E-state index contributed by atoms with van der Waals surface area (Å²) in [5.41, 5.74) is 0.318. The van der Waals surface area contributed by atoms with Crippen LogP contribution >= 0.6 is 0 Å². The Morgan fingerprint density at radius 2 is 1.71 bits per heavy atom. The number of rotatable bonds is 7. The quantitative estimate of drug-likeness (QED) is 0.650. The molecule has 1 aliphatic carbocycles. The topological polar surface area (TPSA) is 99.3 Å². The average Bonchev–Trinajstić information content (AvgIpc) is 3.39. The number of amides is 2. The Labute approximate surface area is 183 Å². The lowest BCUT2D eigenvalue weighted by atomic mass is 10.1. The van der Waals surface area contributed by atoms with Crippen LogP contribution in [-0.4, -0.2) is 93.9 Å². The van der Waals surface area contributed by atoms with Gasteiger partial charge in [-0.2, -0.15) is 0 Å². The van der Waals surface area contributed by atoms with E-state index in [4.69, 9.17) is 4.74 Å². The minimum Gasteiger partial charge on any atom is -0.495 e. The van der Waals surface area contributed by atoms with Crippen LogP contribution in [0.1, 0.15) is 36.0 Å². The van der Waals surface area contributed by atoms with E-state index in [1.54, 1.807) is 11.0 Å². The van der Waals surface area contributed by atoms with Gasteiger partial charge >= 0.3 is 0 Å². The summed E-state index contributed by atoms with van der Waals surface area (Å²) in [6.45, 7) is 4.32. The van der Waals surface area contributed by atoms with Crippen LogP contribution < -0.4 is 9.46 Å². The summed E-state index contributed by atoms with van der Waals surface area (Å²) in [6, 6.07) is 4.49. The number of piperazine rings is 1. The van der Waals surface area contributed by atoms with E-state index in [0.29, 0.717) is 38.3 Å². The standard InChI is InChI=1S/C21H30N4O5S/c1-30-18-7-4-16(14-19(18)31(28,29)22-17-5-6-17)21(27)25-12-10-23(11-13-25)15-20(26)24-8-2-3-9-24/h4,7,14,17,22H,2-3,5-6,8-13,15H2,1H3. The van der Waals surface area contributed by atoms with Crippen LogP contribution in [0.3, 0.4) is 0 Å². The SMILES string of the molecule is COc1ccc(C(=O)N2CCN(CC(=O)N3CCCC3)CC2)cc1S(=O)(=O)NC1CC1. The third kappa shape index (κ3) is 5.19. The van der Waals surface area contributed by atoms with Gasteiger partial charge in [-0.05, 0) is 43.9 Å². The number of likely N-dealkylation sites (tertiary alicyclic amines) is 1. The molecule has 3 fully saturated rings. The predicted molar refractivity (Wildman–Crippen MR) is 114 cm³/mol. The first-order valence-corrected chi connectivity index (χ1v) is 12.4. The average molecular weight is 451 g/mol. The lowest BCUT2D eigenvalue weighted by molar-refractivity contribution is -0.131. The van der Waals surface area contributed by atoms with Gasteiger partial charge < -0.3 is 14.5 Å². The first-order valence-electron chi connectivity index (χ1n) is 10.9. The third-order valence-electron chi connectivity index (χ3n) is 6.08. The van der Waals surface area contributed by atoms with Gasteiger partial charge in [-0.3, -0.25) is 14.5 Å². The molecule has 0 aromatic heterocycles. The van der Waals surface area contributed by atoms with Gasteiger partial charge in [-0.15, -0.1) is 0 Å². The molecule has 170 valence electrons. The van der Waals surface area contributed by atoms with Crippen LogP contribution in [-0.2, 0) is 14.8 Å². The van der Waals surface area contributed by atoms with Gasteiger partial charge in [0.2, 0.25) is 15.9 Å². The second kappa shape index (κ2) is 9.13. The number of sulfonamides is 1. The van der Waals surface area contributed by atoms with Gasteiger partial charge in [-0.1, -0.05) is 0 Å². The molecule has 2 aliphatic heterocycles. The smallest absolute Gasteiger partial charge is 0.253 e. The molecule has 0 bridgehead atoms. The Morgan fingerprint density at radius 3 is 2.32 bits per heavy atom. The van der Waals surface area contributed by atoms with E-state index < -0.39 is 10.0 Å². The third-order valence-corrected chi connectivity index (χ3v) is 7.62. The molecule has 0 unspecified atom stereocenters. The Balaban J connectivity index is 1.39. The van der Waals surface area contributed by atoms with Crippen LogP contribution in [0.25, 0.3) is 0 Å². The highest BCUT2D eigenvalue weighted by atomic mass is 32.2. The number of carbonyl (C=O) groups excluding carboxylic acids is 2. The molecular formula is C21H30N4O5S. The molecule has 1 aromatic carbocycles. The van der Waals surface area contributed by atoms with E-state index >= 15 is 0 Å². The van der Waals surface area contributed by atoms with Crippen molar-refractivity contribution in [2.45, 2.75) is 36.6 Å². The normalized spacial score (nSPS) is 20.2. The zero-order chi connectivity index (χ0) is 22.0. The Morgan fingerprint density at radius 1 is 1.03 bits per heavy atom. The number of nitrogens with zero attached hydrogens (tertiary/aromatic N) is 3. The summed E-state index contributed by atoms with van der Waals surface area (Å²) < 4.78 is 33.3. The second-order valence-electron chi connectivity index (χ2n) is 8.42. The van der Waals surface area contributed by atoms with Crippen molar-refractivity contribution in [1.82, 2.24) is 19.4 Å². The number of methoxy groups -OCH3 is 1. The molecule has 31 heavy (non-hydrogen) atoms. The maximum Gasteiger partial charge on any atom is 0.253 e. The van der Waals surface area contributed by atoms with Crippen molar-refractivity contribution in [3.8, 4) is 5.75 Å². The van der Waals surface area contributed by atoms with E-state index in [9.17, 15) is 18.0 Å². The lowest BCUT2D eigenvalue weighted by Gasteiger charge is -2.35. The first kappa shape index (κ1) is 22.0. The van der Waals surface area contributed by atoms with Crippen molar-refractivity contribution >= 4 is 21.8 Å². The fourth-order valence-electron chi connectivity index (χ4n) is 4.05. The van der Waals surface area contributed by atoms with Gasteiger partial charge in [0.15, 0.2) is 0 Å². The highest BCUT2D eigenvalue weighted by Gasteiger charge is 2.31. The number of carbonyl (C=O) groups is 2. The van der Waals surface area contributed by atoms with Crippen LogP contribution in [0.2, 0.25) is 0 Å². The van der Waals surface area contributed by atoms with E-state index in [1.807, 2.05) is 4.90 Å². The van der Waals surface area contributed by atoms with E-state index in [0.717, 1.165) is 38.8 Å². The Hall–Kier alpha value is -2.17. The van der Waals surface area contributed by atoms with Gasteiger partial charge in [0.05, 0.1) is 13.7 Å². The zero-order valence-electron chi connectivity index (χ0n) is 17.9. The Kier molecular flexibility index (Phi) is 6.49. The fourth-order valence-corrected chi connectivity index (χ4v) is 5.55. The molecule has 1 aromatic rings. The van der Waals surface area contributed by atoms with Crippen molar-refractivity contribution in [2.75, 3.05) is 52.9 Å². The molecule has 2 heterocycles. The molecule has 2 amide bonds. The van der Waals surface area contributed by atoms with Crippen LogP contribution in [0.15, 0.2) is 23.1 Å². The highest BCUT2D eigenvalue weighted by molar-refractivity contribution is 7.89. The lowest BCUT2D eigenvalue weighted by Crippen LogP contribution is -2.51. The molecule has 0 radical (unpaired) electrons. The highest BCUT2D eigenvalue weighted by Crippen LogP contribution is 2.28. The maximum atomic E-state index is 13.0. The molecule has 9 nitrogen and oxygen atoms in total. The van der Waals surface area contributed by atoms with Crippen molar-refractivity contribution in [2.24, 2.45) is 0 Å². The van der Waals surface area contributed by atoms with Crippen LogP contribution in [0.5, 0.6) is 5.75 Å². The first-order chi connectivity index (χ1) is 14.9. The molecule has 4 rings (SSSR count). The number of benzene rings is 1. The molecule has 0 atom stereocenters. The fraction of sp³-hybridized carbons (Fsp3) is 0.619. The minimum absolute atomic E-state index is 0.0115. The number of nitrogens with one attached hydrogen (secondary N) is 1. The van der Waals surface area contributed by atoms with E-state index in [2.05, 4.69) is 9.62 Å². The monoisotopic (exact) mass is 450 g/mol. The van der Waals surface area contributed by atoms with Crippen molar-refractivity contribution in [1.29, 1.82) is 0 Å². The number of hydrogen-bond acceptors (Lipinski definition) is 6. The number of hydrogen-bond donors (Lipinski definition) is 1. The van der Waals surface area contributed by atoms with E-state index in [-0.39, 0.29) is 28.5 Å². The molecule has 10 heteroatoms. The largest absolute Gasteiger partial charge is 0.495 e. The van der Waals surface area contributed by atoms with Crippen molar-refractivity contribution in [3.05, 3.63) is 23.8 Å². The summed E-state index contributed by atoms with van der Waals surface area (Å²) in [6.07, 6.45) is 3.79. The predicted octanol–water partition coefficient (Wildman–Crippen LogP) is 0.516. The summed E-state index contributed by atoms with van der Waals surface area (Å²) in [4.78, 5) is 31.1.